The second kappa shape index (κ2) is 7.74. The Balaban J connectivity index is 2.21. The van der Waals surface area contributed by atoms with E-state index in [4.69, 9.17) is 4.74 Å². The van der Waals surface area contributed by atoms with Gasteiger partial charge in [0.2, 0.25) is 0 Å². The molecule has 0 amide bonds. The number of esters is 1. The number of halogens is 3. The van der Waals surface area contributed by atoms with Crippen LogP contribution in [0.25, 0.3) is 0 Å². The van der Waals surface area contributed by atoms with Crippen molar-refractivity contribution in [2.75, 3.05) is 26.9 Å². The van der Waals surface area contributed by atoms with Crippen molar-refractivity contribution in [2.24, 2.45) is 0 Å². The maximum absolute atomic E-state index is 11.8. The molecule has 0 spiro atoms. The summed E-state index contributed by atoms with van der Waals surface area (Å²) in [5, 5.41) is 0. The topological polar surface area (TPSA) is 44.8 Å². The molecule has 0 saturated carbocycles. The van der Waals surface area contributed by atoms with Crippen molar-refractivity contribution in [3.05, 3.63) is 29.8 Å². The average Bonchev–Trinajstić information content (AvgIpc) is 2.41. The van der Waals surface area contributed by atoms with Crippen molar-refractivity contribution in [1.29, 1.82) is 0 Å². The van der Waals surface area contributed by atoms with Crippen LogP contribution in [0, 0.1) is 0 Å². The SMILES string of the molecule is COC(=O)c1ccc(OCCCOCC(F)(F)F)cc1. The Bertz CT molecular complexity index is 415. The van der Waals surface area contributed by atoms with Gasteiger partial charge >= 0.3 is 12.1 Å². The molecule has 0 bridgehead atoms. The molecule has 1 rings (SSSR count). The molecule has 0 saturated heterocycles. The Morgan fingerprint density at radius 3 is 2.35 bits per heavy atom. The van der Waals surface area contributed by atoms with Gasteiger partial charge in [0.05, 0.1) is 25.9 Å². The van der Waals surface area contributed by atoms with Crippen LogP contribution >= 0.6 is 0 Å². The summed E-state index contributed by atoms with van der Waals surface area (Å²) in [6, 6.07) is 6.26. The summed E-state index contributed by atoms with van der Waals surface area (Å²) >= 11 is 0. The van der Waals surface area contributed by atoms with E-state index in [9.17, 15) is 18.0 Å². The molecule has 0 aliphatic carbocycles. The summed E-state index contributed by atoms with van der Waals surface area (Å²) in [5.41, 5.74) is 0.397. The van der Waals surface area contributed by atoms with Gasteiger partial charge in [-0.15, -0.1) is 0 Å². The highest BCUT2D eigenvalue weighted by Crippen LogP contribution is 2.15. The lowest BCUT2D eigenvalue weighted by atomic mass is 10.2. The maximum atomic E-state index is 11.8. The zero-order valence-electron chi connectivity index (χ0n) is 10.9. The van der Waals surface area contributed by atoms with Gasteiger partial charge in [-0.05, 0) is 24.3 Å². The smallest absolute Gasteiger partial charge is 0.411 e. The van der Waals surface area contributed by atoms with Crippen molar-refractivity contribution < 1.29 is 32.2 Å². The lowest BCUT2D eigenvalue weighted by Crippen LogP contribution is -2.18. The molecule has 1 aromatic rings. The van der Waals surface area contributed by atoms with Gasteiger partial charge in [-0.2, -0.15) is 13.2 Å². The zero-order chi connectivity index (χ0) is 15.0. The fraction of sp³-hybridized carbons (Fsp3) is 0.462. The summed E-state index contributed by atoms with van der Waals surface area (Å²) in [7, 11) is 1.29. The van der Waals surface area contributed by atoms with Crippen LogP contribution in [0.2, 0.25) is 0 Å². The highest BCUT2D eigenvalue weighted by molar-refractivity contribution is 5.89. The number of hydrogen-bond donors (Lipinski definition) is 0. The predicted molar refractivity (Wildman–Crippen MR) is 64.8 cm³/mol. The van der Waals surface area contributed by atoms with E-state index < -0.39 is 18.8 Å². The molecule has 0 N–H and O–H groups in total. The number of rotatable bonds is 7. The second-order valence-corrected chi connectivity index (χ2v) is 3.89. The highest BCUT2D eigenvalue weighted by Gasteiger charge is 2.27. The number of methoxy groups -OCH3 is 1. The van der Waals surface area contributed by atoms with Crippen molar-refractivity contribution in [3.63, 3.8) is 0 Å². The summed E-state index contributed by atoms with van der Waals surface area (Å²) < 4.78 is 49.6. The van der Waals surface area contributed by atoms with Crippen molar-refractivity contribution in [3.8, 4) is 5.75 Å². The minimum Gasteiger partial charge on any atom is -0.494 e. The molecule has 4 nitrogen and oxygen atoms in total. The van der Waals surface area contributed by atoms with Crippen molar-refractivity contribution in [1.82, 2.24) is 0 Å². The first-order chi connectivity index (χ1) is 9.42. The maximum Gasteiger partial charge on any atom is 0.411 e. The minimum atomic E-state index is -4.30. The van der Waals surface area contributed by atoms with E-state index in [-0.39, 0.29) is 13.2 Å². The zero-order valence-corrected chi connectivity index (χ0v) is 10.9. The number of hydrogen-bond acceptors (Lipinski definition) is 4. The highest BCUT2D eigenvalue weighted by atomic mass is 19.4. The minimum absolute atomic E-state index is 0.0280. The average molecular weight is 292 g/mol. The van der Waals surface area contributed by atoms with Gasteiger partial charge in [-0.3, -0.25) is 0 Å². The standard InChI is InChI=1S/C13H15F3O4/c1-18-12(17)10-3-5-11(6-4-10)20-8-2-7-19-9-13(14,15)16/h3-6H,2,7-9H2,1H3. The predicted octanol–water partition coefficient (Wildman–Crippen LogP) is 2.82. The van der Waals surface area contributed by atoms with E-state index in [1.807, 2.05) is 0 Å². The number of carbonyl (C=O) groups excluding carboxylic acids is 1. The van der Waals surface area contributed by atoms with Crippen molar-refractivity contribution in [2.45, 2.75) is 12.6 Å². The van der Waals surface area contributed by atoms with E-state index in [1.54, 1.807) is 24.3 Å². The Labute approximate surface area is 114 Å². The first kappa shape index (κ1) is 16.3. The Kier molecular flexibility index (Phi) is 6.30. The van der Waals surface area contributed by atoms with Gasteiger partial charge in [0, 0.05) is 6.42 Å². The summed E-state index contributed by atoms with van der Waals surface area (Å²) in [4.78, 5) is 11.2. The van der Waals surface area contributed by atoms with E-state index in [0.717, 1.165) is 0 Å². The molecular weight excluding hydrogens is 277 g/mol. The molecule has 112 valence electrons. The summed E-state index contributed by atoms with van der Waals surface area (Å²) in [5.74, 6) is 0.0746. The van der Waals surface area contributed by atoms with Crippen molar-refractivity contribution >= 4 is 5.97 Å². The summed E-state index contributed by atoms with van der Waals surface area (Å²) in [6.45, 7) is -1.05. The molecule has 1 aromatic carbocycles. The number of benzene rings is 1. The fourth-order valence-corrected chi connectivity index (χ4v) is 1.34. The Morgan fingerprint density at radius 1 is 1.15 bits per heavy atom. The first-order valence-corrected chi connectivity index (χ1v) is 5.88. The van der Waals surface area contributed by atoms with Crippen LogP contribution < -0.4 is 4.74 Å². The fourth-order valence-electron chi connectivity index (χ4n) is 1.34. The van der Waals surface area contributed by atoms with Crippen LogP contribution in [0.5, 0.6) is 5.75 Å². The molecule has 0 aromatic heterocycles. The summed E-state index contributed by atoms with van der Waals surface area (Å²) in [6.07, 6.45) is -3.96. The third-order valence-corrected chi connectivity index (χ3v) is 2.24. The molecule has 0 fully saturated rings. The van der Waals surface area contributed by atoms with E-state index in [2.05, 4.69) is 9.47 Å². The van der Waals surface area contributed by atoms with Crippen LogP contribution in [0.1, 0.15) is 16.8 Å². The number of carbonyl (C=O) groups is 1. The normalized spacial score (nSPS) is 11.2. The van der Waals surface area contributed by atoms with Gasteiger partial charge in [-0.1, -0.05) is 0 Å². The van der Waals surface area contributed by atoms with Crippen LogP contribution in [0.4, 0.5) is 13.2 Å². The Morgan fingerprint density at radius 2 is 1.80 bits per heavy atom. The van der Waals surface area contributed by atoms with E-state index >= 15 is 0 Å². The lowest BCUT2D eigenvalue weighted by Gasteiger charge is -2.09. The van der Waals surface area contributed by atoms with Gasteiger partial charge < -0.3 is 14.2 Å². The van der Waals surface area contributed by atoms with Crippen LogP contribution in [0.3, 0.4) is 0 Å². The van der Waals surface area contributed by atoms with E-state index in [1.165, 1.54) is 7.11 Å². The number of ether oxygens (including phenoxy) is 3. The molecule has 0 heterocycles. The van der Waals surface area contributed by atoms with Gasteiger partial charge in [0.15, 0.2) is 0 Å². The molecule has 7 heteroatoms. The van der Waals surface area contributed by atoms with Crippen LogP contribution in [0.15, 0.2) is 24.3 Å². The second-order valence-electron chi connectivity index (χ2n) is 3.89. The first-order valence-electron chi connectivity index (χ1n) is 5.88. The molecule has 0 atom stereocenters. The Hall–Kier alpha value is -1.76. The molecule has 20 heavy (non-hydrogen) atoms. The molecule has 0 unspecified atom stereocenters. The molecule has 0 aliphatic rings. The van der Waals surface area contributed by atoms with Gasteiger partial charge in [0.1, 0.15) is 12.4 Å². The molecule has 0 radical (unpaired) electrons. The third-order valence-electron chi connectivity index (χ3n) is 2.24. The van der Waals surface area contributed by atoms with Gasteiger partial charge in [-0.25, -0.2) is 4.79 Å². The quantitative estimate of drug-likeness (QED) is 0.572. The largest absolute Gasteiger partial charge is 0.494 e. The third kappa shape index (κ3) is 6.42. The number of alkyl halides is 3. The lowest BCUT2D eigenvalue weighted by molar-refractivity contribution is -0.174. The van der Waals surface area contributed by atoms with E-state index in [0.29, 0.717) is 17.7 Å². The molecular formula is C13H15F3O4. The monoisotopic (exact) mass is 292 g/mol. The van der Waals surface area contributed by atoms with Gasteiger partial charge in [0.25, 0.3) is 0 Å². The van der Waals surface area contributed by atoms with Crippen LogP contribution in [-0.2, 0) is 9.47 Å². The molecule has 0 aliphatic heterocycles. The van der Waals surface area contributed by atoms with Crippen LogP contribution in [-0.4, -0.2) is 39.1 Å².